The highest BCUT2D eigenvalue weighted by Gasteiger charge is 2.35. The van der Waals surface area contributed by atoms with E-state index in [0.717, 1.165) is 49.7 Å². The van der Waals surface area contributed by atoms with Crippen LogP contribution < -0.4 is 0 Å². The molecule has 0 amide bonds. The van der Waals surface area contributed by atoms with Crippen molar-refractivity contribution in [3.05, 3.63) is 47.5 Å². The molecule has 1 heterocycles. The summed E-state index contributed by atoms with van der Waals surface area (Å²) in [5.41, 5.74) is 2.80. The smallest absolute Gasteiger partial charge is 0.266 e. The highest BCUT2D eigenvalue weighted by atomic mass is 19.3. The molecule has 1 aromatic carbocycles. The van der Waals surface area contributed by atoms with Gasteiger partial charge < -0.3 is 9.47 Å². The molecule has 1 aromatic rings. The molecule has 0 radical (unpaired) electrons. The van der Waals surface area contributed by atoms with Crippen LogP contribution in [0.4, 0.5) is 8.78 Å². The number of methoxy groups -OCH3 is 1. The molecule has 1 aliphatic heterocycles. The summed E-state index contributed by atoms with van der Waals surface area (Å²) in [5.74, 6) is 3.03. The lowest BCUT2D eigenvalue weighted by molar-refractivity contribution is -0.0755. The van der Waals surface area contributed by atoms with Gasteiger partial charge in [-0.1, -0.05) is 24.3 Å². The molecule has 34 heavy (non-hydrogen) atoms. The minimum atomic E-state index is -1.56. The summed E-state index contributed by atoms with van der Waals surface area (Å²) >= 11 is 0. The lowest BCUT2D eigenvalue weighted by atomic mass is 9.72. The Morgan fingerprint density at radius 1 is 0.853 bits per heavy atom. The number of hydrogen-bond acceptors (Lipinski definition) is 2. The molecular formula is C30H44F2O2. The molecule has 0 N–H and O–H groups in total. The second-order valence-corrected chi connectivity index (χ2v) is 11.1. The maximum Gasteiger partial charge on any atom is 0.266 e. The zero-order valence-corrected chi connectivity index (χ0v) is 21.0. The first-order valence-electron chi connectivity index (χ1n) is 13.9. The van der Waals surface area contributed by atoms with Crippen molar-refractivity contribution >= 4 is 0 Å². The summed E-state index contributed by atoms with van der Waals surface area (Å²) in [6.45, 7) is 0.980. The molecule has 4 rings (SSSR count). The number of ether oxygens (including phenoxy) is 2. The molecule has 2 atom stereocenters. The Bertz CT molecular complexity index is 734. The van der Waals surface area contributed by atoms with Gasteiger partial charge in [-0.05, 0) is 131 Å². The van der Waals surface area contributed by atoms with E-state index in [1.807, 2.05) is 7.11 Å². The predicted molar refractivity (Wildman–Crippen MR) is 134 cm³/mol. The molecule has 3 aliphatic rings. The van der Waals surface area contributed by atoms with Crippen molar-refractivity contribution in [3.8, 4) is 0 Å². The molecule has 4 heteroatoms. The summed E-state index contributed by atoms with van der Waals surface area (Å²) in [6.07, 6.45) is 16.5. The maximum atomic E-state index is 12.1. The Morgan fingerprint density at radius 3 is 2.15 bits per heavy atom. The van der Waals surface area contributed by atoms with Crippen molar-refractivity contribution < 1.29 is 18.3 Å². The molecule has 2 unspecified atom stereocenters. The molecule has 0 spiro atoms. The quantitative estimate of drug-likeness (QED) is 0.334. The second-order valence-electron chi connectivity index (χ2n) is 11.1. The summed E-state index contributed by atoms with van der Waals surface area (Å²) in [5, 5.41) is 0. The number of halogens is 2. The molecule has 2 nitrogen and oxygen atoms in total. The van der Waals surface area contributed by atoms with Gasteiger partial charge in [0.2, 0.25) is 0 Å². The first kappa shape index (κ1) is 25.8. The highest BCUT2D eigenvalue weighted by Crippen LogP contribution is 2.42. The van der Waals surface area contributed by atoms with Gasteiger partial charge >= 0.3 is 0 Å². The predicted octanol–water partition coefficient (Wildman–Crippen LogP) is 8.45. The Hall–Kier alpha value is -1.26. The van der Waals surface area contributed by atoms with Crippen LogP contribution in [0.3, 0.4) is 0 Å². The second kappa shape index (κ2) is 13.2. The van der Waals surface area contributed by atoms with Gasteiger partial charge in [-0.15, -0.1) is 0 Å². The minimum Gasteiger partial charge on any atom is -0.381 e. The third-order valence-electron chi connectivity index (χ3n) is 9.03. The average Bonchev–Trinajstić information content (AvgIpc) is 2.89. The van der Waals surface area contributed by atoms with Crippen LogP contribution in [0.1, 0.15) is 101 Å². The highest BCUT2D eigenvalue weighted by molar-refractivity contribution is 5.26. The van der Waals surface area contributed by atoms with E-state index in [9.17, 15) is 8.78 Å². The van der Waals surface area contributed by atoms with Crippen LogP contribution in [0.2, 0.25) is 0 Å². The van der Waals surface area contributed by atoms with E-state index in [0.29, 0.717) is 24.5 Å². The van der Waals surface area contributed by atoms with Crippen molar-refractivity contribution in [2.45, 2.75) is 108 Å². The van der Waals surface area contributed by atoms with Crippen LogP contribution in [0.15, 0.2) is 36.4 Å². The van der Waals surface area contributed by atoms with Crippen LogP contribution in [0.25, 0.3) is 0 Å². The fourth-order valence-electron chi connectivity index (χ4n) is 6.80. The summed E-state index contributed by atoms with van der Waals surface area (Å²) in [6, 6.07) is 9.11. The van der Waals surface area contributed by atoms with Crippen LogP contribution in [-0.2, 0) is 15.9 Å². The maximum absolute atomic E-state index is 12.1. The fourth-order valence-corrected chi connectivity index (χ4v) is 6.80. The third kappa shape index (κ3) is 7.37. The lowest BCUT2D eigenvalue weighted by Crippen LogP contribution is -2.37. The molecule has 0 aromatic heterocycles. The molecule has 3 fully saturated rings. The van der Waals surface area contributed by atoms with Gasteiger partial charge in [-0.2, -0.15) is 8.78 Å². The zero-order chi connectivity index (χ0) is 23.8. The molecule has 190 valence electrons. The molecule has 1 saturated heterocycles. The van der Waals surface area contributed by atoms with Crippen LogP contribution >= 0.6 is 0 Å². The van der Waals surface area contributed by atoms with E-state index in [2.05, 4.69) is 24.3 Å². The number of unbranched alkanes of at least 4 members (excludes halogenated alkanes) is 2. The largest absolute Gasteiger partial charge is 0.381 e. The SMILES string of the molecule is COC1CCC(C2CCC(C3CCC(c4ccc(CCCCC=C(F)F)cc4)CC3)OC2)CC1. The fraction of sp³-hybridized carbons (Fsp3) is 0.733. The topological polar surface area (TPSA) is 18.5 Å². The Labute approximate surface area is 205 Å². The normalized spacial score (nSPS) is 32.3. The zero-order valence-electron chi connectivity index (χ0n) is 21.0. The standard InChI is InChI=1S/C30H44F2O2/c1-33-28-18-15-25(16-19-28)27-17-20-29(34-21-27)26-13-11-24(12-14-26)23-9-7-22(8-10-23)5-3-2-4-6-30(31)32/h6-10,24-29H,2-5,11-21H2,1H3. The van der Waals surface area contributed by atoms with E-state index in [1.54, 1.807) is 0 Å². The van der Waals surface area contributed by atoms with Crippen molar-refractivity contribution in [1.82, 2.24) is 0 Å². The minimum absolute atomic E-state index is 0.477. The molecular weight excluding hydrogens is 430 g/mol. The summed E-state index contributed by atoms with van der Waals surface area (Å²) < 4.78 is 36.2. The number of benzene rings is 1. The molecule has 0 bridgehead atoms. The Kier molecular flexibility index (Phi) is 9.99. The van der Waals surface area contributed by atoms with E-state index in [-0.39, 0.29) is 0 Å². The number of aryl methyl sites for hydroxylation is 1. The van der Waals surface area contributed by atoms with E-state index >= 15 is 0 Å². The summed E-state index contributed by atoms with van der Waals surface area (Å²) in [7, 11) is 1.85. The van der Waals surface area contributed by atoms with Gasteiger partial charge in [0.25, 0.3) is 6.08 Å². The van der Waals surface area contributed by atoms with E-state index < -0.39 is 6.08 Å². The van der Waals surface area contributed by atoms with Gasteiger partial charge in [-0.3, -0.25) is 0 Å². The lowest BCUT2D eigenvalue weighted by Gasteiger charge is -2.41. The van der Waals surface area contributed by atoms with Crippen molar-refractivity contribution in [2.75, 3.05) is 13.7 Å². The average molecular weight is 475 g/mol. The first-order valence-corrected chi connectivity index (χ1v) is 13.9. The van der Waals surface area contributed by atoms with Gasteiger partial charge in [0.05, 0.1) is 18.8 Å². The Balaban J connectivity index is 1.14. The number of rotatable bonds is 9. The van der Waals surface area contributed by atoms with Gasteiger partial charge in [0.15, 0.2) is 0 Å². The van der Waals surface area contributed by atoms with Crippen LogP contribution in [-0.4, -0.2) is 25.9 Å². The van der Waals surface area contributed by atoms with E-state index in [1.165, 1.54) is 75.3 Å². The molecule has 2 saturated carbocycles. The monoisotopic (exact) mass is 474 g/mol. The van der Waals surface area contributed by atoms with Gasteiger partial charge in [-0.25, -0.2) is 0 Å². The third-order valence-corrected chi connectivity index (χ3v) is 9.03. The van der Waals surface area contributed by atoms with Crippen molar-refractivity contribution in [2.24, 2.45) is 17.8 Å². The summed E-state index contributed by atoms with van der Waals surface area (Å²) in [4.78, 5) is 0. The number of allylic oxidation sites excluding steroid dienone is 1. The molecule has 2 aliphatic carbocycles. The van der Waals surface area contributed by atoms with Crippen LogP contribution in [0.5, 0.6) is 0 Å². The Morgan fingerprint density at radius 2 is 1.53 bits per heavy atom. The van der Waals surface area contributed by atoms with Crippen molar-refractivity contribution in [1.29, 1.82) is 0 Å². The van der Waals surface area contributed by atoms with Gasteiger partial charge in [0, 0.05) is 7.11 Å². The number of hydrogen-bond donors (Lipinski definition) is 0. The first-order chi connectivity index (χ1) is 16.6. The van der Waals surface area contributed by atoms with Crippen LogP contribution in [0, 0.1) is 17.8 Å². The van der Waals surface area contributed by atoms with Crippen molar-refractivity contribution in [3.63, 3.8) is 0 Å². The van der Waals surface area contributed by atoms with Gasteiger partial charge in [0.1, 0.15) is 0 Å². The van der Waals surface area contributed by atoms with E-state index in [4.69, 9.17) is 9.47 Å².